The van der Waals surface area contributed by atoms with Crippen molar-refractivity contribution < 1.29 is 35.6 Å². The topological polar surface area (TPSA) is 78.9 Å². The van der Waals surface area contributed by atoms with Gasteiger partial charge < -0.3 is 9.26 Å². The maximum Gasteiger partial charge on any atom is 0.573 e. The number of nitrogens with zero attached hydrogens (tertiary/aromatic N) is 5. The molecular weight excluding hydrogens is 456 g/mol. The summed E-state index contributed by atoms with van der Waals surface area (Å²) in [5.41, 5.74) is 0.918. The first-order chi connectivity index (χ1) is 15.5. The molecule has 13 heteroatoms. The third kappa shape index (κ3) is 5.30. The van der Waals surface area contributed by atoms with Gasteiger partial charge in [-0.2, -0.15) is 23.3 Å². The Kier molecular flexibility index (Phi) is 5.56. The zero-order chi connectivity index (χ0) is 23.8. The van der Waals surface area contributed by atoms with Gasteiger partial charge in [0.05, 0.1) is 6.54 Å². The summed E-state index contributed by atoms with van der Waals surface area (Å²) in [4.78, 5) is 7.63. The number of hydrogen-bond donors (Lipinski definition) is 0. The number of aromatic nitrogens is 5. The second-order valence-corrected chi connectivity index (χ2v) is 6.87. The van der Waals surface area contributed by atoms with E-state index in [4.69, 9.17) is 4.52 Å². The van der Waals surface area contributed by atoms with E-state index in [-0.39, 0.29) is 24.0 Å². The first-order valence-corrected chi connectivity index (χ1v) is 9.25. The smallest absolute Gasteiger partial charge is 0.406 e. The highest BCUT2D eigenvalue weighted by atomic mass is 19.4. The average Bonchev–Trinajstić information content (AvgIpc) is 3.35. The van der Waals surface area contributed by atoms with E-state index in [2.05, 4.69) is 25.0 Å². The Balaban J connectivity index is 1.49. The van der Waals surface area contributed by atoms with Crippen LogP contribution in [-0.2, 0) is 12.7 Å². The van der Waals surface area contributed by atoms with Crippen LogP contribution in [-0.4, -0.2) is 31.3 Å². The van der Waals surface area contributed by atoms with E-state index in [1.54, 1.807) is 13.0 Å². The molecule has 0 saturated carbocycles. The van der Waals surface area contributed by atoms with Crippen LogP contribution in [0, 0.1) is 6.92 Å². The Bertz CT molecular complexity index is 1240. The number of hydrogen-bond acceptors (Lipinski definition) is 6. The predicted octanol–water partition coefficient (Wildman–Crippen LogP) is 5.27. The molecule has 0 amide bonds. The normalized spacial score (nSPS) is 12.2. The highest BCUT2D eigenvalue weighted by Gasteiger charge is 2.32. The maximum absolute atomic E-state index is 12.7. The molecule has 0 fully saturated rings. The third-order valence-corrected chi connectivity index (χ3v) is 4.42. The van der Waals surface area contributed by atoms with Crippen molar-refractivity contribution in [2.24, 2.45) is 0 Å². The van der Waals surface area contributed by atoms with Gasteiger partial charge in [0.2, 0.25) is 5.82 Å². The van der Waals surface area contributed by atoms with Crippen LogP contribution in [0.1, 0.15) is 17.0 Å². The molecule has 0 radical (unpaired) electrons. The van der Waals surface area contributed by atoms with E-state index < -0.39 is 18.2 Å². The molecule has 0 atom stereocenters. The summed E-state index contributed by atoms with van der Waals surface area (Å²) in [6, 6.07) is 8.78. The van der Waals surface area contributed by atoms with Crippen molar-refractivity contribution in [2.75, 3.05) is 0 Å². The van der Waals surface area contributed by atoms with Gasteiger partial charge in [0.1, 0.15) is 11.4 Å². The second-order valence-electron chi connectivity index (χ2n) is 6.87. The molecule has 0 aliphatic heterocycles. The van der Waals surface area contributed by atoms with Crippen LogP contribution >= 0.6 is 0 Å². The van der Waals surface area contributed by atoms with E-state index in [0.29, 0.717) is 22.5 Å². The number of ether oxygens (including phenoxy) is 1. The van der Waals surface area contributed by atoms with Crippen molar-refractivity contribution in [3.05, 3.63) is 65.6 Å². The number of pyridine rings is 1. The lowest BCUT2D eigenvalue weighted by Crippen LogP contribution is -2.16. The largest absolute Gasteiger partial charge is 0.573 e. The Morgan fingerprint density at radius 3 is 2.33 bits per heavy atom. The fourth-order valence-corrected chi connectivity index (χ4v) is 2.88. The van der Waals surface area contributed by atoms with Gasteiger partial charge in [-0.15, -0.1) is 13.2 Å². The summed E-state index contributed by atoms with van der Waals surface area (Å²) in [5, 5.41) is 8.14. The molecule has 0 spiro atoms. The van der Waals surface area contributed by atoms with E-state index in [1.165, 1.54) is 22.9 Å². The predicted molar refractivity (Wildman–Crippen MR) is 101 cm³/mol. The SMILES string of the molecule is Cc1cc(-c2nc(-c3ccc(OC(F)(F)F)cc3)no2)nn1Cc1ccc(C(F)(F)F)nc1. The minimum atomic E-state index is -4.80. The highest BCUT2D eigenvalue weighted by molar-refractivity contribution is 5.58. The highest BCUT2D eigenvalue weighted by Crippen LogP contribution is 2.28. The Hall–Kier alpha value is -3.90. The number of rotatable bonds is 5. The quantitative estimate of drug-likeness (QED) is 0.371. The minimum Gasteiger partial charge on any atom is -0.406 e. The summed E-state index contributed by atoms with van der Waals surface area (Å²) in [7, 11) is 0. The lowest BCUT2D eigenvalue weighted by Gasteiger charge is -2.08. The van der Waals surface area contributed by atoms with Crippen LogP contribution < -0.4 is 4.74 Å². The van der Waals surface area contributed by atoms with E-state index in [0.717, 1.165) is 24.4 Å². The fourth-order valence-electron chi connectivity index (χ4n) is 2.88. The second kappa shape index (κ2) is 8.22. The fraction of sp³-hybridized carbons (Fsp3) is 0.200. The molecule has 0 bridgehead atoms. The first-order valence-electron chi connectivity index (χ1n) is 9.25. The lowest BCUT2D eigenvalue weighted by molar-refractivity contribution is -0.274. The van der Waals surface area contributed by atoms with Gasteiger partial charge in [0.15, 0.2) is 5.69 Å². The van der Waals surface area contributed by atoms with Crippen molar-refractivity contribution in [3.63, 3.8) is 0 Å². The standard InChI is InChI=1S/C20H13F6N5O2/c1-11-8-15(29-31(11)10-12-2-7-16(27-9-12)19(21,22)23)18-28-17(30-33-18)13-3-5-14(6-4-13)32-20(24,25)26/h2-9H,10H2,1H3. The number of halogens is 6. The molecule has 0 unspecified atom stereocenters. The number of aryl methyl sites for hydroxylation is 1. The van der Waals surface area contributed by atoms with Crippen LogP contribution in [0.25, 0.3) is 23.0 Å². The molecule has 4 rings (SSSR count). The van der Waals surface area contributed by atoms with Gasteiger partial charge in [0.25, 0.3) is 5.89 Å². The van der Waals surface area contributed by atoms with Crippen LogP contribution in [0.3, 0.4) is 0 Å². The maximum atomic E-state index is 12.7. The van der Waals surface area contributed by atoms with Crippen molar-refractivity contribution in [1.82, 2.24) is 24.9 Å². The molecule has 172 valence electrons. The van der Waals surface area contributed by atoms with Crippen molar-refractivity contribution in [1.29, 1.82) is 0 Å². The van der Waals surface area contributed by atoms with Gasteiger partial charge in [-0.25, -0.2) is 0 Å². The van der Waals surface area contributed by atoms with Gasteiger partial charge in [-0.05, 0) is 48.9 Å². The molecular formula is C20H13F6N5O2. The van der Waals surface area contributed by atoms with Gasteiger partial charge in [-0.1, -0.05) is 11.2 Å². The zero-order valence-corrected chi connectivity index (χ0v) is 16.6. The first kappa shape index (κ1) is 22.3. The zero-order valence-electron chi connectivity index (χ0n) is 16.6. The molecule has 7 nitrogen and oxygen atoms in total. The Morgan fingerprint density at radius 1 is 1.00 bits per heavy atom. The minimum absolute atomic E-state index is 0.0630. The molecule has 3 aromatic heterocycles. The van der Waals surface area contributed by atoms with Gasteiger partial charge in [0, 0.05) is 17.5 Å². The summed E-state index contributed by atoms with van der Waals surface area (Å²) in [6.45, 7) is 1.91. The molecule has 0 N–H and O–H groups in total. The van der Waals surface area contributed by atoms with Crippen molar-refractivity contribution in [2.45, 2.75) is 26.0 Å². The van der Waals surface area contributed by atoms with E-state index in [9.17, 15) is 26.3 Å². The number of alkyl halides is 6. The van der Waals surface area contributed by atoms with Crippen LogP contribution in [0.2, 0.25) is 0 Å². The van der Waals surface area contributed by atoms with Crippen LogP contribution in [0.15, 0.2) is 53.2 Å². The molecule has 0 aliphatic carbocycles. The monoisotopic (exact) mass is 469 g/mol. The van der Waals surface area contributed by atoms with Gasteiger partial charge >= 0.3 is 12.5 Å². The Labute approximate surface area is 181 Å². The van der Waals surface area contributed by atoms with Crippen molar-refractivity contribution in [3.8, 4) is 28.7 Å². The van der Waals surface area contributed by atoms with Crippen LogP contribution in [0.4, 0.5) is 26.3 Å². The van der Waals surface area contributed by atoms with Crippen LogP contribution in [0.5, 0.6) is 5.75 Å². The van der Waals surface area contributed by atoms with E-state index >= 15 is 0 Å². The molecule has 0 aliphatic rings. The molecule has 3 heterocycles. The molecule has 4 aromatic rings. The summed E-state index contributed by atoms with van der Waals surface area (Å²) in [5.74, 6) is -0.196. The summed E-state index contributed by atoms with van der Waals surface area (Å²) >= 11 is 0. The van der Waals surface area contributed by atoms with Gasteiger partial charge in [-0.3, -0.25) is 9.67 Å². The summed E-state index contributed by atoms with van der Waals surface area (Å²) in [6.07, 6.45) is -8.19. The van der Waals surface area contributed by atoms with Crippen molar-refractivity contribution >= 4 is 0 Å². The molecule has 33 heavy (non-hydrogen) atoms. The average molecular weight is 469 g/mol. The summed E-state index contributed by atoms with van der Waals surface area (Å²) < 4.78 is 85.3. The third-order valence-electron chi connectivity index (χ3n) is 4.42. The van der Waals surface area contributed by atoms with E-state index in [1.807, 2.05) is 0 Å². The Morgan fingerprint density at radius 2 is 1.73 bits per heavy atom. The molecule has 1 aromatic carbocycles. The lowest BCUT2D eigenvalue weighted by atomic mass is 10.2. The molecule has 0 saturated heterocycles. The number of benzene rings is 1.